The van der Waals surface area contributed by atoms with E-state index < -0.39 is 0 Å². The van der Waals surface area contributed by atoms with Crippen LogP contribution in [0, 0.1) is 19.7 Å². The fourth-order valence-electron chi connectivity index (χ4n) is 2.42. The molecule has 1 heterocycles. The molecular weight excluding hydrogens is 241 g/mol. The normalized spacial score (nSPS) is 12.7. The number of aromatic nitrogens is 2. The highest BCUT2D eigenvalue weighted by atomic mass is 19.1. The van der Waals surface area contributed by atoms with E-state index in [2.05, 4.69) is 16.5 Å². The van der Waals surface area contributed by atoms with Crippen molar-refractivity contribution in [3.8, 4) is 0 Å². The minimum absolute atomic E-state index is 0.176. The van der Waals surface area contributed by atoms with E-state index in [1.54, 1.807) is 6.07 Å². The predicted molar refractivity (Wildman–Crippen MR) is 74.6 cm³/mol. The Kier molecular flexibility index (Phi) is 4.00. The fourth-order valence-corrected chi connectivity index (χ4v) is 2.42. The molecule has 0 aliphatic carbocycles. The SMILES string of the molecule is CNC(Cc1ccc(F)cc1C)c1cc(C)nn1C. The van der Waals surface area contributed by atoms with E-state index in [1.165, 1.54) is 6.07 Å². The monoisotopic (exact) mass is 261 g/mol. The van der Waals surface area contributed by atoms with Crippen LogP contribution in [-0.4, -0.2) is 16.8 Å². The second-order valence-electron chi connectivity index (χ2n) is 4.95. The predicted octanol–water partition coefficient (Wildman–Crippen LogP) is 2.68. The van der Waals surface area contributed by atoms with Crippen molar-refractivity contribution in [2.45, 2.75) is 26.3 Å². The van der Waals surface area contributed by atoms with Gasteiger partial charge in [-0.25, -0.2) is 4.39 Å². The molecule has 0 amide bonds. The van der Waals surface area contributed by atoms with Gasteiger partial charge in [-0.2, -0.15) is 5.10 Å². The second-order valence-corrected chi connectivity index (χ2v) is 4.95. The molecule has 0 aliphatic rings. The van der Waals surface area contributed by atoms with Crippen molar-refractivity contribution >= 4 is 0 Å². The van der Waals surface area contributed by atoms with Crippen molar-refractivity contribution in [1.29, 1.82) is 0 Å². The number of hydrogen-bond acceptors (Lipinski definition) is 2. The van der Waals surface area contributed by atoms with Gasteiger partial charge in [0, 0.05) is 7.05 Å². The molecule has 1 N–H and O–H groups in total. The Bertz CT molecular complexity index is 575. The van der Waals surface area contributed by atoms with Crippen molar-refractivity contribution < 1.29 is 4.39 Å². The Morgan fingerprint density at radius 3 is 2.58 bits per heavy atom. The third-order valence-corrected chi connectivity index (χ3v) is 3.47. The van der Waals surface area contributed by atoms with Gasteiger partial charge in [0.05, 0.1) is 17.4 Å². The standard InChI is InChI=1S/C15H20FN3/c1-10-7-13(16)6-5-12(10)9-14(17-3)15-8-11(2)18-19(15)4/h5-8,14,17H,9H2,1-4H3. The number of likely N-dealkylation sites (N-methyl/N-ethyl adjacent to an activating group) is 1. The first-order chi connectivity index (χ1) is 9.01. The molecule has 2 aromatic rings. The molecule has 1 unspecified atom stereocenters. The van der Waals surface area contributed by atoms with E-state index >= 15 is 0 Å². The fraction of sp³-hybridized carbons (Fsp3) is 0.400. The molecule has 4 heteroatoms. The lowest BCUT2D eigenvalue weighted by Crippen LogP contribution is -2.22. The molecule has 1 aromatic heterocycles. The van der Waals surface area contributed by atoms with Crippen LogP contribution in [0.1, 0.15) is 28.6 Å². The summed E-state index contributed by atoms with van der Waals surface area (Å²) >= 11 is 0. The van der Waals surface area contributed by atoms with E-state index in [0.29, 0.717) is 0 Å². The zero-order chi connectivity index (χ0) is 14.0. The summed E-state index contributed by atoms with van der Waals surface area (Å²) in [5.41, 5.74) is 4.29. The van der Waals surface area contributed by atoms with Crippen LogP contribution in [0.3, 0.4) is 0 Å². The average Bonchev–Trinajstić information content (AvgIpc) is 2.68. The third-order valence-electron chi connectivity index (χ3n) is 3.47. The van der Waals surface area contributed by atoms with E-state index in [0.717, 1.165) is 28.9 Å². The zero-order valence-corrected chi connectivity index (χ0v) is 11.9. The van der Waals surface area contributed by atoms with Crippen LogP contribution in [-0.2, 0) is 13.5 Å². The molecule has 0 aliphatic heterocycles. The summed E-state index contributed by atoms with van der Waals surface area (Å²) in [4.78, 5) is 0. The number of halogens is 1. The number of rotatable bonds is 4. The molecule has 3 nitrogen and oxygen atoms in total. The number of nitrogens with zero attached hydrogens (tertiary/aromatic N) is 2. The van der Waals surface area contributed by atoms with Crippen molar-refractivity contribution in [1.82, 2.24) is 15.1 Å². The van der Waals surface area contributed by atoms with Gasteiger partial charge in [-0.1, -0.05) is 6.07 Å². The summed E-state index contributed by atoms with van der Waals surface area (Å²) in [6.45, 7) is 3.93. The first-order valence-corrected chi connectivity index (χ1v) is 6.44. The van der Waals surface area contributed by atoms with Crippen LogP contribution in [0.4, 0.5) is 4.39 Å². The molecule has 1 aromatic carbocycles. The summed E-state index contributed by atoms with van der Waals surface area (Å²) < 4.78 is 15.0. The molecule has 102 valence electrons. The minimum Gasteiger partial charge on any atom is -0.311 e. The maximum absolute atomic E-state index is 13.1. The number of benzene rings is 1. The van der Waals surface area contributed by atoms with Gasteiger partial charge >= 0.3 is 0 Å². The highest BCUT2D eigenvalue weighted by Crippen LogP contribution is 2.21. The van der Waals surface area contributed by atoms with Gasteiger partial charge in [-0.3, -0.25) is 4.68 Å². The highest BCUT2D eigenvalue weighted by molar-refractivity contribution is 5.29. The maximum atomic E-state index is 13.1. The molecule has 1 atom stereocenters. The molecule has 0 spiro atoms. The van der Waals surface area contributed by atoms with Crippen molar-refractivity contribution in [3.63, 3.8) is 0 Å². The van der Waals surface area contributed by atoms with Gasteiger partial charge in [0.2, 0.25) is 0 Å². The Labute approximate surface area is 113 Å². The zero-order valence-electron chi connectivity index (χ0n) is 11.9. The largest absolute Gasteiger partial charge is 0.311 e. The maximum Gasteiger partial charge on any atom is 0.123 e. The van der Waals surface area contributed by atoms with Gasteiger partial charge in [0.1, 0.15) is 5.82 Å². The Morgan fingerprint density at radius 1 is 1.32 bits per heavy atom. The molecule has 0 radical (unpaired) electrons. The van der Waals surface area contributed by atoms with Crippen LogP contribution in [0.2, 0.25) is 0 Å². The first-order valence-electron chi connectivity index (χ1n) is 6.44. The number of hydrogen-bond donors (Lipinski definition) is 1. The van der Waals surface area contributed by atoms with Gasteiger partial charge in [-0.15, -0.1) is 0 Å². The van der Waals surface area contributed by atoms with Crippen molar-refractivity contribution in [2.75, 3.05) is 7.05 Å². The van der Waals surface area contributed by atoms with E-state index in [9.17, 15) is 4.39 Å². The summed E-state index contributed by atoms with van der Waals surface area (Å²) in [6, 6.07) is 7.22. The number of nitrogens with one attached hydrogen (secondary N) is 1. The van der Waals surface area contributed by atoms with Gasteiger partial charge < -0.3 is 5.32 Å². The number of aryl methyl sites for hydroxylation is 3. The molecule has 2 rings (SSSR count). The lowest BCUT2D eigenvalue weighted by Gasteiger charge is -2.17. The van der Waals surface area contributed by atoms with Gasteiger partial charge in [0.15, 0.2) is 0 Å². The van der Waals surface area contributed by atoms with Crippen LogP contribution in [0.15, 0.2) is 24.3 Å². The Balaban J connectivity index is 2.26. The molecular formula is C15H20FN3. The quantitative estimate of drug-likeness (QED) is 0.917. The van der Waals surface area contributed by atoms with Crippen molar-refractivity contribution in [3.05, 3.63) is 52.6 Å². The third kappa shape index (κ3) is 3.01. The lowest BCUT2D eigenvalue weighted by atomic mass is 9.99. The summed E-state index contributed by atoms with van der Waals surface area (Å²) in [5.74, 6) is -0.182. The van der Waals surface area contributed by atoms with Crippen LogP contribution >= 0.6 is 0 Å². The van der Waals surface area contributed by atoms with Gasteiger partial charge in [-0.05, 0) is 56.6 Å². The summed E-state index contributed by atoms with van der Waals surface area (Å²) in [5, 5.41) is 7.68. The smallest absolute Gasteiger partial charge is 0.123 e. The Morgan fingerprint density at radius 2 is 2.05 bits per heavy atom. The minimum atomic E-state index is -0.182. The van der Waals surface area contributed by atoms with E-state index in [4.69, 9.17) is 0 Å². The lowest BCUT2D eigenvalue weighted by molar-refractivity contribution is 0.535. The van der Waals surface area contributed by atoms with E-state index in [1.807, 2.05) is 38.7 Å². The molecule has 0 saturated heterocycles. The first kappa shape index (κ1) is 13.7. The van der Waals surface area contributed by atoms with Crippen LogP contribution < -0.4 is 5.32 Å². The summed E-state index contributed by atoms with van der Waals surface area (Å²) in [7, 11) is 3.88. The van der Waals surface area contributed by atoms with E-state index in [-0.39, 0.29) is 11.9 Å². The molecule has 0 saturated carbocycles. The second kappa shape index (κ2) is 5.53. The highest BCUT2D eigenvalue weighted by Gasteiger charge is 2.16. The van der Waals surface area contributed by atoms with Crippen molar-refractivity contribution in [2.24, 2.45) is 7.05 Å². The topological polar surface area (TPSA) is 29.9 Å². The molecule has 19 heavy (non-hydrogen) atoms. The van der Waals surface area contributed by atoms with Gasteiger partial charge in [0.25, 0.3) is 0 Å². The van der Waals surface area contributed by atoms with Crippen LogP contribution in [0.5, 0.6) is 0 Å². The average molecular weight is 261 g/mol. The van der Waals surface area contributed by atoms with Crippen LogP contribution in [0.25, 0.3) is 0 Å². The summed E-state index contributed by atoms with van der Waals surface area (Å²) in [6.07, 6.45) is 0.821. The molecule has 0 fully saturated rings. The Hall–Kier alpha value is -1.68. The molecule has 0 bridgehead atoms.